The Morgan fingerprint density at radius 2 is 1.96 bits per heavy atom. The molecule has 1 aliphatic heterocycles. The zero-order valence-corrected chi connectivity index (χ0v) is 15.2. The first kappa shape index (κ1) is 17.0. The topological polar surface area (TPSA) is 21.7 Å². The van der Waals surface area contributed by atoms with Gasteiger partial charge in [0.2, 0.25) is 0 Å². The van der Waals surface area contributed by atoms with E-state index >= 15 is 0 Å². The number of hydrogen-bond donors (Lipinski definition) is 0. The molecule has 2 aliphatic carbocycles. The third-order valence-electron chi connectivity index (χ3n) is 6.62. The Bertz CT molecular complexity index is 651. The molecule has 0 amide bonds. The molecule has 0 N–H and O–H groups in total. The van der Waals surface area contributed by atoms with Gasteiger partial charge in [0.05, 0.1) is 12.7 Å². The van der Waals surface area contributed by atoms with Crippen LogP contribution in [0.15, 0.2) is 30.4 Å². The fourth-order valence-corrected chi connectivity index (χ4v) is 5.15. The van der Waals surface area contributed by atoms with Crippen molar-refractivity contribution in [3.8, 4) is 5.75 Å². The van der Waals surface area contributed by atoms with E-state index in [-0.39, 0.29) is 5.82 Å². The van der Waals surface area contributed by atoms with Crippen molar-refractivity contribution in [1.82, 2.24) is 4.90 Å². The Hall–Kier alpha value is -1.39. The number of likely N-dealkylation sites (tertiary alicyclic amines) is 1. The molecule has 3 aliphatic rings. The van der Waals surface area contributed by atoms with Gasteiger partial charge in [0.1, 0.15) is 11.6 Å². The number of nitrogens with zero attached hydrogens (tertiary/aromatic N) is 1. The van der Waals surface area contributed by atoms with E-state index in [1.807, 2.05) is 0 Å². The molecule has 2 fully saturated rings. The van der Waals surface area contributed by atoms with Crippen molar-refractivity contribution in [2.45, 2.75) is 31.3 Å². The zero-order valence-electron chi connectivity index (χ0n) is 15.2. The highest BCUT2D eigenvalue weighted by Gasteiger charge is 2.41. The summed E-state index contributed by atoms with van der Waals surface area (Å²) < 4.78 is 25.3. The number of allylic oxidation sites excluding steroid dienone is 2. The molecule has 1 heterocycles. The molecule has 1 aromatic carbocycles. The predicted molar refractivity (Wildman–Crippen MR) is 96.2 cm³/mol. The SMILES string of the molecule is COc1ccc(F)cc1C1(OC)CCN(C[C@H]2C[C@H]3C=C[C@H]2C3)CC1. The monoisotopic (exact) mass is 345 g/mol. The Labute approximate surface area is 149 Å². The van der Waals surface area contributed by atoms with E-state index < -0.39 is 5.60 Å². The fourth-order valence-electron chi connectivity index (χ4n) is 5.15. The summed E-state index contributed by atoms with van der Waals surface area (Å²) in [5.74, 6) is 2.92. The second-order valence-electron chi connectivity index (χ2n) is 7.88. The second kappa shape index (κ2) is 6.73. The van der Waals surface area contributed by atoms with Gasteiger partial charge < -0.3 is 14.4 Å². The molecule has 4 heteroatoms. The summed E-state index contributed by atoms with van der Waals surface area (Å²) in [6.45, 7) is 3.17. The molecule has 0 radical (unpaired) electrons. The van der Waals surface area contributed by atoms with Gasteiger partial charge in [0, 0.05) is 32.3 Å². The third-order valence-corrected chi connectivity index (χ3v) is 6.62. The molecule has 4 rings (SSSR count). The normalized spacial score (nSPS) is 30.8. The number of hydrogen-bond acceptors (Lipinski definition) is 3. The van der Waals surface area contributed by atoms with Gasteiger partial charge >= 0.3 is 0 Å². The summed E-state index contributed by atoms with van der Waals surface area (Å²) in [4.78, 5) is 2.57. The van der Waals surface area contributed by atoms with Crippen LogP contribution in [0.2, 0.25) is 0 Å². The summed E-state index contributed by atoms with van der Waals surface area (Å²) in [5, 5.41) is 0. The average Bonchev–Trinajstić information content (AvgIpc) is 3.26. The summed E-state index contributed by atoms with van der Waals surface area (Å²) in [6, 6.07) is 4.74. The van der Waals surface area contributed by atoms with E-state index in [4.69, 9.17) is 9.47 Å². The molecule has 0 aromatic heterocycles. The van der Waals surface area contributed by atoms with Crippen molar-refractivity contribution in [2.75, 3.05) is 33.9 Å². The molecular weight excluding hydrogens is 317 g/mol. The van der Waals surface area contributed by atoms with Crippen LogP contribution in [0.3, 0.4) is 0 Å². The number of halogens is 1. The van der Waals surface area contributed by atoms with Crippen LogP contribution in [-0.4, -0.2) is 38.8 Å². The molecule has 0 unspecified atom stereocenters. The van der Waals surface area contributed by atoms with E-state index in [0.717, 1.165) is 55.0 Å². The number of rotatable bonds is 5. The highest BCUT2D eigenvalue weighted by Crippen LogP contribution is 2.45. The van der Waals surface area contributed by atoms with Crippen molar-refractivity contribution in [3.63, 3.8) is 0 Å². The number of methoxy groups -OCH3 is 2. The lowest BCUT2D eigenvalue weighted by Gasteiger charge is -2.42. The maximum absolute atomic E-state index is 13.9. The lowest BCUT2D eigenvalue weighted by molar-refractivity contribution is -0.0661. The number of fused-ring (bicyclic) bond motifs is 2. The molecule has 0 spiro atoms. The number of piperidine rings is 1. The average molecular weight is 345 g/mol. The smallest absolute Gasteiger partial charge is 0.125 e. The van der Waals surface area contributed by atoms with Gasteiger partial charge in [-0.25, -0.2) is 4.39 Å². The standard InChI is InChI=1S/C21H28FNO2/c1-24-20-6-5-18(22)13-19(20)21(25-2)7-9-23(10-8-21)14-17-12-15-3-4-16(17)11-15/h3-6,13,15-17H,7-12,14H2,1-2H3/t15-,16-,17+/m0/s1. The van der Waals surface area contributed by atoms with E-state index in [1.165, 1.54) is 25.5 Å². The van der Waals surface area contributed by atoms with Crippen molar-refractivity contribution in [3.05, 3.63) is 41.7 Å². The van der Waals surface area contributed by atoms with Crippen LogP contribution in [0.5, 0.6) is 5.75 Å². The Morgan fingerprint density at radius 3 is 2.56 bits per heavy atom. The lowest BCUT2D eigenvalue weighted by Crippen LogP contribution is -2.45. The molecule has 25 heavy (non-hydrogen) atoms. The number of ether oxygens (including phenoxy) is 2. The van der Waals surface area contributed by atoms with Crippen molar-refractivity contribution >= 4 is 0 Å². The minimum atomic E-state index is -0.446. The molecule has 1 saturated carbocycles. The van der Waals surface area contributed by atoms with Gasteiger partial charge in [-0.3, -0.25) is 0 Å². The van der Waals surface area contributed by atoms with E-state index in [1.54, 1.807) is 26.4 Å². The minimum Gasteiger partial charge on any atom is -0.496 e. The van der Waals surface area contributed by atoms with Gasteiger partial charge in [-0.05, 0) is 61.6 Å². The van der Waals surface area contributed by atoms with Crippen molar-refractivity contribution in [1.29, 1.82) is 0 Å². The molecule has 1 saturated heterocycles. The van der Waals surface area contributed by atoms with Crippen LogP contribution in [0.25, 0.3) is 0 Å². The largest absolute Gasteiger partial charge is 0.496 e. The fraction of sp³-hybridized carbons (Fsp3) is 0.619. The minimum absolute atomic E-state index is 0.233. The second-order valence-corrected chi connectivity index (χ2v) is 7.88. The number of benzene rings is 1. The van der Waals surface area contributed by atoms with E-state index in [9.17, 15) is 4.39 Å². The quantitative estimate of drug-likeness (QED) is 0.754. The first-order valence-corrected chi connectivity index (χ1v) is 9.43. The molecule has 3 nitrogen and oxygen atoms in total. The summed E-state index contributed by atoms with van der Waals surface area (Å²) in [7, 11) is 3.37. The van der Waals surface area contributed by atoms with Crippen LogP contribution in [0, 0.1) is 23.6 Å². The molecular formula is C21H28FNO2. The first-order valence-electron chi connectivity index (χ1n) is 9.43. The van der Waals surface area contributed by atoms with Crippen LogP contribution >= 0.6 is 0 Å². The maximum atomic E-state index is 13.9. The third kappa shape index (κ3) is 3.11. The highest BCUT2D eigenvalue weighted by atomic mass is 19.1. The molecule has 136 valence electrons. The molecule has 1 aromatic rings. The molecule has 2 bridgehead atoms. The van der Waals surface area contributed by atoms with Crippen LogP contribution in [-0.2, 0) is 10.3 Å². The van der Waals surface area contributed by atoms with Crippen molar-refractivity contribution < 1.29 is 13.9 Å². The van der Waals surface area contributed by atoms with Gasteiger partial charge in [0.25, 0.3) is 0 Å². The summed E-state index contributed by atoms with van der Waals surface area (Å²) >= 11 is 0. The zero-order chi connectivity index (χ0) is 17.4. The Balaban J connectivity index is 1.45. The van der Waals surface area contributed by atoms with Gasteiger partial charge in [0.15, 0.2) is 0 Å². The van der Waals surface area contributed by atoms with Crippen LogP contribution in [0.4, 0.5) is 4.39 Å². The molecule has 3 atom stereocenters. The van der Waals surface area contributed by atoms with E-state index in [0.29, 0.717) is 0 Å². The summed E-state index contributed by atoms with van der Waals surface area (Å²) in [5.41, 5.74) is 0.401. The Morgan fingerprint density at radius 1 is 1.16 bits per heavy atom. The van der Waals surface area contributed by atoms with Gasteiger partial charge in [-0.2, -0.15) is 0 Å². The maximum Gasteiger partial charge on any atom is 0.125 e. The van der Waals surface area contributed by atoms with Crippen LogP contribution < -0.4 is 4.74 Å². The van der Waals surface area contributed by atoms with Crippen LogP contribution in [0.1, 0.15) is 31.2 Å². The highest BCUT2D eigenvalue weighted by molar-refractivity contribution is 5.39. The van der Waals surface area contributed by atoms with Gasteiger partial charge in [-0.1, -0.05) is 12.2 Å². The van der Waals surface area contributed by atoms with Crippen molar-refractivity contribution in [2.24, 2.45) is 17.8 Å². The summed E-state index contributed by atoms with van der Waals surface area (Å²) in [6.07, 6.45) is 9.30. The first-order chi connectivity index (χ1) is 12.1. The van der Waals surface area contributed by atoms with Gasteiger partial charge in [-0.15, -0.1) is 0 Å². The predicted octanol–water partition coefficient (Wildman–Crippen LogP) is 3.98. The lowest BCUT2D eigenvalue weighted by atomic mass is 9.82. The van der Waals surface area contributed by atoms with E-state index in [2.05, 4.69) is 17.1 Å². The Kier molecular flexibility index (Phi) is 4.59.